The first-order valence-corrected chi connectivity index (χ1v) is 8.41. The Hall–Kier alpha value is -2.55. The van der Waals surface area contributed by atoms with Crippen molar-refractivity contribution in [3.63, 3.8) is 0 Å². The summed E-state index contributed by atoms with van der Waals surface area (Å²) in [6.07, 6.45) is 0. The monoisotopic (exact) mass is 395 g/mol. The zero-order valence-corrected chi connectivity index (χ0v) is 15.0. The maximum absolute atomic E-state index is 11.8. The van der Waals surface area contributed by atoms with E-state index < -0.39 is 5.91 Å². The summed E-state index contributed by atoms with van der Waals surface area (Å²) in [6.45, 7) is 1.39. The number of nitrogens with one attached hydrogen (secondary N) is 2. The molecule has 136 valence electrons. The van der Waals surface area contributed by atoms with Gasteiger partial charge in [0.2, 0.25) is 11.5 Å². The number of aromatic nitrogens is 2. The molecular formula is C16H15Cl2N5O3. The molecule has 4 N–H and O–H groups in total. The van der Waals surface area contributed by atoms with Crippen LogP contribution < -0.4 is 16.4 Å². The second-order valence-corrected chi connectivity index (χ2v) is 6.16. The van der Waals surface area contributed by atoms with Gasteiger partial charge in [-0.25, -0.2) is 4.63 Å². The highest BCUT2D eigenvalue weighted by atomic mass is 35.5. The first-order valence-electron chi connectivity index (χ1n) is 7.65. The van der Waals surface area contributed by atoms with Gasteiger partial charge >= 0.3 is 0 Å². The van der Waals surface area contributed by atoms with Gasteiger partial charge in [-0.05, 0) is 40.6 Å². The van der Waals surface area contributed by atoms with E-state index in [4.69, 9.17) is 33.4 Å². The van der Waals surface area contributed by atoms with Gasteiger partial charge in [-0.15, -0.1) is 0 Å². The van der Waals surface area contributed by atoms with Crippen LogP contribution in [-0.4, -0.2) is 29.3 Å². The van der Waals surface area contributed by atoms with E-state index in [1.54, 1.807) is 18.2 Å². The molecular weight excluding hydrogens is 381 g/mol. The topological polar surface area (TPSA) is 119 Å². The molecule has 0 fully saturated rings. The number of hydrogen-bond acceptors (Lipinski definition) is 7. The van der Waals surface area contributed by atoms with Gasteiger partial charge in [0.25, 0.3) is 5.91 Å². The van der Waals surface area contributed by atoms with Crippen LogP contribution in [0.4, 0.5) is 5.82 Å². The molecule has 10 heteroatoms. The first-order chi connectivity index (χ1) is 12.5. The summed E-state index contributed by atoms with van der Waals surface area (Å²) >= 11 is 12.1. The standard InChI is InChI=1S/C16H15Cl2N5O3/c17-9-1-3-11(12(18)7-9)13-4-2-10(25-13)8-20-5-6-21-16(24)14-15(19)23-26-22-14/h1-4,7,20H,5-6,8H2,(H2,19,23)(H,21,24). The van der Waals surface area contributed by atoms with Gasteiger partial charge in [0.1, 0.15) is 11.5 Å². The Morgan fingerprint density at radius 1 is 1.15 bits per heavy atom. The number of anilines is 1. The molecule has 3 rings (SSSR count). The summed E-state index contributed by atoms with van der Waals surface area (Å²) in [4.78, 5) is 11.8. The Morgan fingerprint density at radius 2 is 2.00 bits per heavy atom. The predicted molar refractivity (Wildman–Crippen MR) is 96.9 cm³/mol. The summed E-state index contributed by atoms with van der Waals surface area (Å²) in [7, 11) is 0. The average molecular weight is 396 g/mol. The Bertz CT molecular complexity index is 909. The van der Waals surface area contributed by atoms with Crippen molar-refractivity contribution in [3.8, 4) is 11.3 Å². The van der Waals surface area contributed by atoms with Gasteiger partial charge in [-0.2, -0.15) is 0 Å². The number of benzene rings is 1. The summed E-state index contributed by atoms with van der Waals surface area (Å²) in [5, 5.41) is 13.7. The van der Waals surface area contributed by atoms with E-state index in [1.807, 2.05) is 12.1 Å². The van der Waals surface area contributed by atoms with Crippen LogP contribution in [0.2, 0.25) is 10.0 Å². The van der Waals surface area contributed by atoms with Crippen molar-refractivity contribution in [2.45, 2.75) is 6.54 Å². The highest BCUT2D eigenvalue weighted by molar-refractivity contribution is 6.36. The zero-order chi connectivity index (χ0) is 18.5. The Kier molecular flexibility index (Phi) is 5.77. The number of amides is 1. The molecule has 0 atom stereocenters. The van der Waals surface area contributed by atoms with Crippen LogP contribution in [-0.2, 0) is 6.54 Å². The van der Waals surface area contributed by atoms with Gasteiger partial charge in [0, 0.05) is 23.7 Å². The minimum atomic E-state index is -0.441. The Balaban J connectivity index is 1.45. The zero-order valence-electron chi connectivity index (χ0n) is 13.5. The smallest absolute Gasteiger partial charge is 0.277 e. The van der Waals surface area contributed by atoms with E-state index >= 15 is 0 Å². The van der Waals surface area contributed by atoms with Gasteiger partial charge in [0.05, 0.1) is 11.6 Å². The van der Waals surface area contributed by atoms with Crippen molar-refractivity contribution in [1.82, 2.24) is 20.9 Å². The number of nitrogens with two attached hydrogens (primary N) is 1. The van der Waals surface area contributed by atoms with E-state index in [2.05, 4.69) is 25.6 Å². The molecule has 1 aromatic carbocycles. The SMILES string of the molecule is Nc1nonc1C(=O)NCCNCc1ccc(-c2ccc(Cl)cc2Cl)o1. The molecule has 2 aromatic heterocycles. The number of nitrogen functional groups attached to an aromatic ring is 1. The number of furan rings is 1. The molecule has 0 unspecified atom stereocenters. The molecule has 3 aromatic rings. The minimum absolute atomic E-state index is 0.0273. The van der Waals surface area contributed by atoms with Crippen molar-refractivity contribution in [3.05, 3.63) is 51.8 Å². The van der Waals surface area contributed by atoms with Gasteiger partial charge in [0.15, 0.2) is 0 Å². The van der Waals surface area contributed by atoms with Crippen LogP contribution in [0.15, 0.2) is 39.4 Å². The maximum Gasteiger partial charge on any atom is 0.277 e. The third kappa shape index (κ3) is 4.34. The van der Waals surface area contributed by atoms with Gasteiger partial charge < -0.3 is 20.8 Å². The molecule has 0 bridgehead atoms. The van der Waals surface area contributed by atoms with Crippen LogP contribution >= 0.6 is 23.2 Å². The molecule has 0 saturated heterocycles. The van der Waals surface area contributed by atoms with Crippen molar-refractivity contribution in [2.75, 3.05) is 18.8 Å². The van der Waals surface area contributed by atoms with E-state index in [1.165, 1.54) is 0 Å². The second-order valence-electron chi connectivity index (χ2n) is 5.32. The molecule has 0 aliphatic rings. The highest BCUT2D eigenvalue weighted by Gasteiger charge is 2.15. The van der Waals surface area contributed by atoms with Gasteiger partial charge in [-0.3, -0.25) is 4.79 Å². The van der Waals surface area contributed by atoms with Crippen molar-refractivity contribution < 1.29 is 13.8 Å². The fourth-order valence-electron chi connectivity index (χ4n) is 2.22. The molecule has 2 heterocycles. The molecule has 0 aliphatic carbocycles. The summed E-state index contributed by atoms with van der Waals surface area (Å²) in [6, 6.07) is 8.92. The molecule has 0 radical (unpaired) electrons. The van der Waals surface area contributed by atoms with Gasteiger partial charge in [-0.1, -0.05) is 23.2 Å². The lowest BCUT2D eigenvalue weighted by Gasteiger charge is -2.05. The number of carbonyl (C=O) groups is 1. The van der Waals surface area contributed by atoms with Crippen molar-refractivity contribution in [2.24, 2.45) is 0 Å². The van der Waals surface area contributed by atoms with E-state index in [-0.39, 0.29) is 11.5 Å². The molecule has 1 amide bonds. The minimum Gasteiger partial charge on any atom is -0.460 e. The van der Waals surface area contributed by atoms with Crippen LogP contribution in [0.25, 0.3) is 11.3 Å². The lowest BCUT2D eigenvalue weighted by atomic mass is 10.2. The summed E-state index contributed by atoms with van der Waals surface area (Å²) in [5.41, 5.74) is 6.19. The number of halogens is 2. The third-order valence-corrected chi connectivity index (χ3v) is 4.02. The highest BCUT2D eigenvalue weighted by Crippen LogP contribution is 2.31. The maximum atomic E-state index is 11.8. The number of rotatable bonds is 7. The lowest BCUT2D eigenvalue weighted by Crippen LogP contribution is -2.32. The molecule has 8 nitrogen and oxygen atoms in total. The van der Waals surface area contributed by atoms with E-state index in [0.717, 1.165) is 11.3 Å². The number of carbonyl (C=O) groups excluding carboxylic acids is 1. The largest absolute Gasteiger partial charge is 0.460 e. The van der Waals surface area contributed by atoms with Crippen molar-refractivity contribution in [1.29, 1.82) is 0 Å². The summed E-state index contributed by atoms with van der Waals surface area (Å²) in [5.74, 6) is 0.913. The third-order valence-electron chi connectivity index (χ3n) is 3.47. The van der Waals surface area contributed by atoms with Crippen LogP contribution in [0.5, 0.6) is 0 Å². The molecule has 0 saturated carbocycles. The molecule has 26 heavy (non-hydrogen) atoms. The van der Waals surface area contributed by atoms with Crippen LogP contribution in [0.3, 0.4) is 0 Å². The fourth-order valence-corrected chi connectivity index (χ4v) is 2.72. The quantitative estimate of drug-likeness (QED) is 0.526. The Morgan fingerprint density at radius 3 is 2.73 bits per heavy atom. The second kappa shape index (κ2) is 8.22. The van der Waals surface area contributed by atoms with Crippen LogP contribution in [0, 0.1) is 0 Å². The van der Waals surface area contributed by atoms with Crippen molar-refractivity contribution >= 4 is 34.9 Å². The number of hydrogen-bond donors (Lipinski definition) is 3. The van der Waals surface area contributed by atoms with Crippen LogP contribution in [0.1, 0.15) is 16.2 Å². The molecule has 0 aliphatic heterocycles. The van der Waals surface area contributed by atoms with E-state index in [0.29, 0.717) is 35.4 Å². The first kappa shape index (κ1) is 18.2. The Labute approximate surface area is 158 Å². The summed E-state index contributed by atoms with van der Waals surface area (Å²) < 4.78 is 10.1. The average Bonchev–Trinajstić information content (AvgIpc) is 3.23. The normalized spacial score (nSPS) is 10.8. The predicted octanol–water partition coefficient (Wildman–Crippen LogP) is 2.74. The number of nitrogens with zero attached hydrogens (tertiary/aromatic N) is 2. The molecule has 0 spiro atoms. The lowest BCUT2D eigenvalue weighted by molar-refractivity contribution is 0.0944. The fraction of sp³-hybridized carbons (Fsp3) is 0.188. The van der Waals surface area contributed by atoms with E-state index in [9.17, 15) is 4.79 Å².